The molecule has 3 fully saturated rings. The summed E-state index contributed by atoms with van der Waals surface area (Å²) in [4.78, 5) is 4.76. The molecule has 0 heterocycles. The van der Waals surface area contributed by atoms with Gasteiger partial charge in [0.25, 0.3) is 0 Å². The van der Waals surface area contributed by atoms with Crippen molar-refractivity contribution in [3.63, 3.8) is 0 Å². The second kappa shape index (κ2) is 5.33. The molecular weight excluding hydrogens is 312 g/mol. The molecule has 3 nitrogen and oxygen atoms in total. The SMILES string of the molecule is CC1(C)[C@@H](O)CC[C@]2(C)[C@H]3CCC4=C[C@@H](OO)C[C@@]4(C)[C@]3(C)CC[C@@H]12. The average Bonchev–Trinajstić information content (AvgIpc) is 2.89. The van der Waals surface area contributed by atoms with Gasteiger partial charge in [-0.3, -0.25) is 5.26 Å². The van der Waals surface area contributed by atoms with E-state index in [4.69, 9.17) is 4.89 Å². The van der Waals surface area contributed by atoms with Crippen molar-refractivity contribution in [1.82, 2.24) is 0 Å². The zero-order valence-electron chi connectivity index (χ0n) is 16.6. The predicted molar refractivity (Wildman–Crippen MR) is 99.0 cm³/mol. The Morgan fingerprint density at radius 2 is 1.72 bits per heavy atom. The van der Waals surface area contributed by atoms with Gasteiger partial charge in [-0.05, 0) is 78.4 Å². The Bertz CT molecular complexity index is 596. The molecule has 0 radical (unpaired) electrons. The van der Waals surface area contributed by atoms with Crippen LogP contribution in [0, 0.1) is 33.5 Å². The van der Waals surface area contributed by atoms with Crippen molar-refractivity contribution in [1.29, 1.82) is 0 Å². The fraction of sp³-hybridized carbons (Fsp3) is 0.909. The number of allylic oxidation sites excluding steroid dienone is 1. The van der Waals surface area contributed by atoms with Crippen LogP contribution >= 0.6 is 0 Å². The fourth-order valence-electron chi connectivity index (χ4n) is 8.18. The molecule has 0 aromatic heterocycles. The first-order valence-electron chi connectivity index (χ1n) is 10.3. The summed E-state index contributed by atoms with van der Waals surface area (Å²) in [7, 11) is 0. The molecule has 0 spiro atoms. The molecule has 4 aliphatic carbocycles. The van der Waals surface area contributed by atoms with Gasteiger partial charge in [-0.15, -0.1) is 0 Å². The van der Waals surface area contributed by atoms with Gasteiger partial charge in [0.2, 0.25) is 0 Å². The van der Waals surface area contributed by atoms with Crippen LogP contribution in [0.1, 0.15) is 79.6 Å². The highest BCUT2D eigenvalue weighted by molar-refractivity contribution is 5.31. The molecule has 4 aliphatic rings. The van der Waals surface area contributed by atoms with E-state index in [0.29, 0.717) is 17.3 Å². The normalized spacial score (nSPS) is 54.3. The minimum atomic E-state index is -0.164. The average molecular weight is 349 g/mol. The molecule has 0 amide bonds. The van der Waals surface area contributed by atoms with Crippen LogP contribution in [0.15, 0.2) is 11.6 Å². The van der Waals surface area contributed by atoms with Crippen LogP contribution in [0.25, 0.3) is 0 Å². The molecule has 3 heteroatoms. The van der Waals surface area contributed by atoms with Gasteiger partial charge in [-0.1, -0.05) is 46.3 Å². The molecule has 0 saturated heterocycles. The van der Waals surface area contributed by atoms with Gasteiger partial charge in [0, 0.05) is 0 Å². The molecule has 0 aliphatic heterocycles. The summed E-state index contributed by atoms with van der Waals surface area (Å²) in [6.07, 6.45) is 9.72. The molecular formula is C22H36O3. The van der Waals surface area contributed by atoms with Crippen LogP contribution in [0.2, 0.25) is 0 Å². The summed E-state index contributed by atoms with van der Waals surface area (Å²) in [5.74, 6) is 1.28. The van der Waals surface area contributed by atoms with Crippen LogP contribution in [0.3, 0.4) is 0 Å². The smallest absolute Gasteiger partial charge is 0.112 e. The summed E-state index contributed by atoms with van der Waals surface area (Å²) in [5, 5.41) is 19.9. The minimum absolute atomic E-state index is 0.0117. The standard InChI is InChI=1S/C22H36O3/c1-19(2)16-8-11-21(4)17(20(16,3)10-9-18(19)23)7-6-14-12-15(25-24)13-22(14,21)5/h12,15-18,23-24H,6-11,13H2,1-5H3/t15-,16+,17-,18+,20+,21-,22-/m1/s1. The first-order valence-corrected chi connectivity index (χ1v) is 10.3. The molecule has 0 bridgehead atoms. The summed E-state index contributed by atoms with van der Waals surface area (Å²) in [6, 6.07) is 0. The third-order valence-electron chi connectivity index (χ3n) is 9.83. The summed E-state index contributed by atoms with van der Waals surface area (Å²) >= 11 is 0. The molecule has 25 heavy (non-hydrogen) atoms. The lowest BCUT2D eigenvalue weighted by Crippen LogP contribution is -2.62. The maximum absolute atomic E-state index is 10.7. The van der Waals surface area contributed by atoms with Crippen molar-refractivity contribution in [2.24, 2.45) is 33.5 Å². The highest BCUT2D eigenvalue weighted by Gasteiger charge is 2.66. The van der Waals surface area contributed by atoms with Gasteiger partial charge < -0.3 is 5.11 Å². The molecule has 4 rings (SSSR count). The zero-order chi connectivity index (χ0) is 18.3. The fourth-order valence-corrected chi connectivity index (χ4v) is 8.18. The van der Waals surface area contributed by atoms with Crippen LogP contribution in [0.5, 0.6) is 0 Å². The van der Waals surface area contributed by atoms with E-state index in [1.165, 1.54) is 24.8 Å². The van der Waals surface area contributed by atoms with E-state index in [1.54, 1.807) is 0 Å². The summed E-state index contributed by atoms with van der Waals surface area (Å²) in [5.41, 5.74) is 2.23. The van der Waals surface area contributed by atoms with Crippen LogP contribution < -0.4 is 0 Å². The second-order valence-electron chi connectivity index (χ2n) is 10.9. The van der Waals surface area contributed by atoms with E-state index < -0.39 is 0 Å². The van der Waals surface area contributed by atoms with E-state index in [2.05, 4.69) is 40.7 Å². The molecule has 3 saturated carbocycles. The molecule has 2 N–H and O–H groups in total. The Morgan fingerprint density at radius 3 is 2.40 bits per heavy atom. The van der Waals surface area contributed by atoms with Crippen molar-refractivity contribution in [3.05, 3.63) is 11.6 Å². The highest BCUT2D eigenvalue weighted by atomic mass is 17.1. The topological polar surface area (TPSA) is 49.7 Å². The lowest BCUT2D eigenvalue weighted by atomic mass is 9.36. The lowest BCUT2D eigenvalue weighted by Gasteiger charge is -2.68. The predicted octanol–water partition coefficient (Wildman–Crippen LogP) is 5.19. The van der Waals surface area contributed by atoms with Gasteiger partial charge in [-0.2, -0.15) is 0 Å². The van der Waals surface area contributed by atoms with Crippen molar-refractivity contribution >= 4 is 0 Å². The van der Waals surface area contributed by atoms with E-state index in [1.807, 2.05) is 0 Å². The minimum Gasteiger partial charge on any atom is -0.393 e. The third-order valence-corrected chi connectivity index (χ3v) is 9.83. The van der Waals surface area contributed by atoms with E-state index in [-0.39, 0.29) is 28.5 Å². The zero-order valence-corrected chi connectivity index (χ0v) is 16.6. The first-order chi connectivity index (χ1) is 11.6. The largest absolute Gasteiger partial charge is 0.393 e. The van der Waals surface area contributed by atoms with Gasteiger partial charge in [-0.25, -0.2) is 4.89 Å². The quantitative estimate of drug-likeness (QED) is 0.389. The third kappa shape index (κ3) is 2.09. The first kappa shape index (κ1) is 18.0. The molecule has 7 atom stereocenters. The number of aliphatic hydroxyl groups is 1. The van der Waals surface area contributed by atoms with Gasteiger partial charge in [0.15, 0.2) is 0 Å². The maximum Gasteiger partial charge on any atom is 0.112 e. The van der Waals surface area contributed by atoms with Gasteiger partial charge in [0.1, 0.15) is 6.10 Å². The Morgan fingerprint density at radius 1 is 1.00 bits per heavy atom. The monoisotopic (exact) mass is 348 g/mol. The van der Waals surface area contributed by atoms with Crippen LogP contribution in [-0.4, -0.2) is 22.6 Å². The van der Waals surface area contributed by atoms with E-state index >= 15 is 0 Å². The second-order valence-corrected chi connectivity index (χ2v) is 10.9. The van der Waals surface area contributed by atoms with E-state index in [0.717, 1.165) is 25.7 Å². The van der Waals surface area contributed by atoms with E-state index in [9.17, 15) is 10.4 Å². The molecule has 0 unspecified atom stereocenters. The Labute approximate surface area is 152 Å². The Kier molecular flexibility index (Phi) is 3.84. The summed E-state index contributed by atoms with van der Waals surface area (Å²) < 4.78 is 0. The van der Waals surface area contributed by atoms with Crippen molar-refractivity contribution in [2.75, 3.05) is 0 Å². The highest BCUT2D eigenvalue weighted by Crippen LogP contribution is 2.73. The number of hydrogen-bond donors (Lipinski definition) is 2. The Balaban J connectivity index is 1.74. The number of rotatable bonds is 1. The Hall–Kier alpha value is -0.380. The van der Waals surface area contributed by atoms with Crippen molar-refractivity contribution in [3.8, 4) is 0 Å². The number of hydrogen-bond acceptors (Lipinski definition) is 3. The molecule has 0 aromatic carbocycles. The number of fused-ring (bicyclic) bond motifs is 5. The van der Waals surface area contributed by atoms with Crippen molar-refractivity contribution < 1.29 is 15.3 Å². The number of aliphatic hydroxyl groups excluding tert-OH is 1. The lowest BCUT2D eigenvalue weighted by molar-refractivity contribution is -0.272. The van der Waals surface area contributed by atoms with Crippen molar-refractivity contribution in [2.45, 2.75) is 91.8 Å². The van der Waals surface area contributed by atoms with Crippen LogP contribution in [0.4, 0.5) is 0 Å². The maximum atomic E-state index is 10.7. The van der Waals surface area contributed by atoms with Crippen LogP contribution in [-0.2, 0) is 4.89 Å². The molecule has 0 aromatic rings. The summed E-state index contributed by atoms with van der Waals surface area (Å²) in [6.45, 7) is 12.1. The van der Waals surface area contributed by atoms with Gasteiger partial charge >= 0.3 is 0 Å². The van der Waals surface area contributed by atoms with Gasteiger partial charge in [0.05, 0.1) is 6.10 Å². The molecule has 142 valence electrons.